The van der Waals surface area contributed by atoms with E-state index in [0.29, 0.717) is 36.2 Å². The Balaban J connectivity index is 1.56. The first-order valence-electron chi connectivity index (χ1n) is 8.02. The van der Waals surface area contributed by atoms with Gasteiger partial charge in [-0.1, -0.05) is 12.8 Å². The number of nitrogens with zero attached hydrogens (tertiary/aromatic N) is 1. The first kappa shape index (κ1) is 17.4. The molecule has 1 saturated carbocycles. The van der Waals surface area contributed by atoms with Crippen molar-refractivity contribution < 1.29 is 13.2 Å². The summed E-state index contributed by atoms with van der Waals surface area (Å²) >= 11 is 4.53. The van der Waals surface area contributed by atoms with Crippen molar-refractivity contribution >= 4 is 43.2 Å². The van der Waals surface area contributed by atoms with Crippen molar-refractivity contribution in [3.05, 3.63) is 15.9 Å². The third-order valence-electron chi connectivity index (χ3n) is 4.67. The maximum atomic E-state index is 12.6. The molecule has 2 aliphatic rings. The van der Waals surface area contributed by atoms with Crippen molar-refractivity contribution in [3.63, 3.8) is 0 Å². The Labute approximate surface area is 149 Å². The number of hydrogen-bond acceptors (Lipinski definition) is 4. The van der Waals surface area contributed by atoms with E-state index in [1.54, 1.807) is 12.1 Å². The van der Waals surface area contributed by atoms with Crippen LogP contribution in [-0.2, 0) is 14.8 Å². The monoisotopic (exact) mass is 420 g/mol. The van der Waals surface area contributed by atoms with Gasteiger partial charge in [-0.25, -0.2) is 8.42 Å². The average Bonchev–Trinajstić information content (AvgIpc) is 3.19. The number of sulfonamides is 1. The van der Waals surface area contributed by atoms with E-state index in [1.165, 1.54) is 28.5 Å². The van der Waals surface area contributed by atoms with Crippen molar-refractivity contribution in [2.24, 2.45) is 5.92 Å². The number of thiophene rings is 1. The predicted octanol–water partition coefficient (Wildman–Crippen LogP) is 2.97. The van der Waals surface area contributed by atoms with Gasteiger partial charge in [0, 0.05) is 25.0 Å². The lowest BCUT2D eigenvalue weighted by Gasteiger charge is -2.30. The van der Waals surface area contributed by atoms with Gasteiger partial charge in [0.05, 0.1) is 3.79 Å². The van der Waals surface area contributed by atoms with E-state index in [2.05, 4.69) is 21.2 Å². The second kappa shape index (κ2) is 7.21. The third-order valence-corrected chi connectivity index (χ3v) is 8.66. The fourth-order valence-corrected chi connectivity index (χ4v) is 6.95. The van der Waals surface area contributed by atoms with Crippen LogP contribution in [0.5, 0.6) is 0 Å². The van der Waals surface area contributed by atoms with Crippen LogP contribution in [0.2, 0.25) is 0 Å². The van der Waals surface area contributed by atoms with Crippen LogP contribution in [0.15, 0.2) is 20.1 Å². The molecule has 2 fully saturated rings. The average molecular weight is 421 g/mol. The summed E-state index contributed by atoms with van der Waals surface area (Å²) in [4.78, 5) is 12.3. The van der Waals surface area contributed by atoms with E-state index in [9.17, 15) is 13.2 Å². The van der Waals surface area contributed by atoms with Crippen LogP contribution in [0.1, 0.15) is 38.5 Å². The van der Waals surface area contributed by atoms with E-state index < -0.39 is 10.0 Å². The van der Waals surface area contributed by atoms with Crippen LogP contribution in [0.4, 0.5) is 0 Å². The topological polar surface area (TPSA) is 66.5 Å². The Kier molecular flexibility index (Phi) is 5.45. The summed E-state index contributed by atoms with van der Waals surface area (Å²) in [5.74, 6) is 0.0462. The van der Waals surface area contributed by atoms with Crippen molar-refractivity contribution in [2.75, 3.05) is 13.1 Å². The van der Waals surface area contributed by atoms with E-state index in [4.69, 9.17) is 0 Å². The standard InChI is InChI=1S/C15H21BrN2O3S2/c16-13-5-6-14(22-13)23(20,21)18-9-7-11(8-10-18)15(19)17-12-3-1-2-4-12/h5-6,11-12H,1-4,7-10H2,(H,17,19). The number of rotatable bonds is 4. The molecule has 1 N–H and O–H groups in total. The van der Waals surface area contributed by atoms with Gasteiger partial charge >= 0.3 is 0 Å². The molecule has 128 valence electrons. The molecule has 0 atom stereocenters. The molecule has 1 amide bonds. The summed E-state index contributed by atoms with van der Waals surface area (Å²) in [7, 11) is -3.42. The SMILES string of the molecule is O=C(NC1CCCC1)C1CCN(S(=O)(=O)c2ccc(Br)s2)CC1. The summed E-state index contributed by atoms with van der Waals surface area (Å²) in [5, 5.41) is 3.13. The number of amides is 1. The zero-order valence-corrected chi connectivity index (χ0v) is 16.1. The lowest BCUT2D eigenvalue weighted by Crippen LogP contribution is -2.44. The molecule has 0 radical (unpaired) electrons. The number of carbonyl (C=O) groups is 1. The molecular formula is C15H21BrN2O3S2. The molecule has 1 aromatic heterocycles. The maximum absolute atomic E-state index is 12.6. The van der Waals surface area contributed by atoms with Gasteiger partial charge in [0.1, 0.15) is 4.21 Å². The summed E-state index contributed by atoms with van der Waals surface area (Å²) in [5.41, 5.74) is 0. The molecule has 1 aliphatic heterocycles. The zero-order valence-electron chi connectivity index (χ0n) is 12.8. The Hall–Kier alpha value is -0.440. The van der Waals surface area contributed by atoms with Gasteiger partial charge in [0.15, 0.2) is 0 Å². The van der Waals surface area contributed by atoms with E-state index in [1.807, 2.05) is 0 Å². The first-order chi connectivity index (χ1) is 11.0. The Morgan fingerprint density at radius 3 is 2.39 bits per heavy atom. The molecule has 1 aromatic rings. The Morgan fingerprint density at radius 2 is 1.83 bits per heavy atom. The second-order valence-electron chi connectivity index (χ2n) is 6.23. The fraction of sp³-hybridized carbons (Fsp3) is 0.667. The lowest BCUT2D eigenvalue weighted by atomic mass is 9.97. The van der Waals surface area contributed by atoms with Gasteiger partial charge in [0.2, 0.25) is 5.91 Å². The third kappa shape index (κ3) is 3.97. The highest BCUT2D eigenvalue weighted by Crippen LogP contribution is 2.31. The molecule has 3 rings (SSSR count). The summed E-state index contributed by atoms with van der Waals surface area (Å²) in [6.07, 6.45) is 5.74. The van der Waals surface area contributed by atoms with E-state index in [-0.39, 0.29) is 11.8 Å². The lowest BCUT2D eigenvalue weighted by molar-refractivity contribution is -0.126. The number of halogens is 1. The quantitative estimate of drug-likeness (QED) is 0.813. The molecular weight excluding hydrogens is 400 g/mol. The highest BCUT2D eigenvalue weighted by molar-refractivity contribution is 9.11. The smallest absolute Gasteiger partial charge is 0.252 e. The highest BCUT2D eigenvalue weighted by atomic mass is 79.9. The molecule has 1 aliphatic carbocycles. The van der Waals surface area contributed by atoms with Crippen molar-refractivity contribution in [3.8, 4) is 0 Å². The maximum Gasteiger partial charge on any atom is 0.252 e. The summed E-state index contributed by atoms with van der Waals surface area (Å²) < 4.78 is 27.8. The molecule has 8 heteroatoms. The molecule has 5 nitrogen and oxygen atoms in total. The van der Waals surface area contributed by atoms with Gasteiger partial charge in [-0.3, -0.25) is 4.79 Å². The van der Waals surface area contributed by atoms with Crippen LogP contribution in [0.3, 0.4) is 0 Å². The molecule has 0 spiro atoms. The minimum atomic E-state index is -3.42. The Morgan fingerprint density at radius 1 is 1.17 bits per heavy atom. The first-order valence-corrected chi connectivity index (χ1v) is 11.1. The number of nitrogens with one attached hydrogen (secondary N) is 1. The fourth-order valence-electron chi connectivity index (χ4n) is 3.31. The predicted molar refractivity (Wildman–Crippen MR) is 93.9 cm³/mol. The van der Waals surface area contributed by atoms with Crippen LogP contribution >= 0.6 is 27.3 Å². The molecule has 1 saturated heterocycles. The summed E-state index contributed by atoms with van der Waals surface area (Å²) in [6, 6.07) is 3.70. The highest BCUT2D eigenvalue weighted by Gasteiger charge is 2.33. The van der Waals surface area contributed by atoms with Crippen LogP contribution in [-0.4, -0.2) is 37.8 Å². The zero-order chi connectivity index (χ0) is 16.4. The van der Waals surface area contributed by atoms with Gasteiger partial charge in [0.25, 0.3) is 10.0 Å². The largest absolute Gasteiger partial charge is 0.353 e. The van der Waals surface area contributed by atoms with Gasteiger partial charge in [-0.05, 0) is 53.7 Å². The Bertz CT molecular complexity index is 660. The molecule has 23 heavy (non-hydrogen) atoms. The van der Waals surface area contributed by atoms with Crippen molar-refractivity contribution in [1.29, 1.82) is 0 Å². The van der Waals surface area contributed by atoms with Gasteiger partial charge in [-0.15, -0.1) is 11.3 Å². The van der Waals surface area contributed by atoms with Gasteiger partial charge in [-0.2, -0.15) is 4.31 Å². The number of piperidine rings is 1. The van der Waals surface area contributed by atoms with E-state index in [0.717, 1.165) is 16.6 Å². The van der Waals surface area contributed by atoms with Crippen LogP contribution in [0.25, 0.3) is 0 Å². The number of carbonyl (C=O) groups excluding carboxylic acids is 1. The molecule has 0 unspecified atom stereocenters. The van der Waals surface area contributed by atoms with Crippen LogP contribution in [0, 0.1) is 5.92 Å². The molecule has 2 heterocycles. The van der Waals surface area contributed by atoms with Crippen LogP contribution < -0.4 is 5.32 Å². The molecule has 0 bridgehead atoms. The minimum absolute atomic E-state index is 0.0582. The van der Waals surface area contributed by atoms with Gasteiger partial charge < -0.3 is 5.32 Å². The van der Waals surface area contributed by atoms with Crippen molar-refractivity contribution in [1.82, 2.24) is 9.62 Å². The minimum Gasteiger partial charge on any atom is -0.353 e. The molecule has 0 aromatic carbocycles. The number of hydrogen-bond donors (Lipinski definition) is 1. The van der Waals surface area contributed by atoms with Crippen molar-refractivity contribution in [2.45, 2.75) is 48.8 Å². The summed E-state index contributed by atoms with van der Waals surface area (Å²) in [6.45, 7) is 0.835. The van der Waals surface area contributed by atoms with E-state index >= 15 is 0 Å². The second-order valence-corrected chi connectivity index (χ2v) is 10.9. The normalized spacial score (nSPS) is 21.6.